The van der Waals surface area contributed by atoms with Gasteiger partial charge in [0.05, 0.1) is 17.9 Å². The Balaban J connectivity index is 0.00000169. The first-order valence-electron chi connectivity index (χ1n) is 8.71. The molecule has 7 heteroatoms. The lowest BCUT2D eigenvalue weighted by Gasteiger charge is -2.23. The van der Waals surface area contributed by atoms with E-state index in [1.807, 2.05) is 0 Å². The first-order valence-corrected chi connectivity index (χ1v) is 8.71. The Morgan fingerprint density at radius 1 is 1.17 bits per heavy atom. The number of halogens is 1. The number of nitrogens with zero attached hydrogens (tertiary/aromatic N) is 1. The second kappa shape index (κ2) is 6.84. The molecule has 5 atom stereocenters. The molecule has 2 saturated heterocycles. The van der Waals surface area contributed by atoms with Gasteiger partial charge in [-0.15, -0.1) is 12.4 Å². The second-order valence-corrected chi connectivity index (χ2v) is 7.12. The fourth-order valence-electron chi connectivity index (χ4n) is 4.67. The number of allylic oxidation sites excluding steroid dienone is 2. The molecule has 3 fully saturated rings. The summed E-state index contributed by atoms with van der Waals surface area (Å²) in [5.74, 6) is 0.0934. The highest BCUT2D eigenvalue weighted by Gasteiger charge is 2.58. The van der Waals surface area contributed by atoms with Gasteiger partial charge in [0, 0.05) is 13.1 Å². The lowest BCUT2D eigenvalue weighted by atomic mass is 9.85. The zero-order valence-electron chi connectivity index (χ0n) is 13.6. The molecule has 2 bridgehead atoms. The normalized spacial score (nSPS) is 36.7. The van der Waals surface area contributed by atoms with Gasteiger partial charge in [-0.05, 0) is 37.6 Å². The Labute approximate surface area is 147 Å². The molecule has 2 N–H and O–H groups in total. The summed E-state index contributed by atoms with van der Waals surface area (Å²) in [5, 5.41) is 6.06. The van der Waals surface area contributed by atoms with Crippen molar-refractivity contribution in [2.45, 2.75) is 31.7 Å². The van der Waals surface area contributed by atoms with E-state index in [9.17, 15) is 14.4 Å². The maximum atomic E-state index is 12.5. The van der Waals surface area contributed by atoms with Crippen LogP contribution < -0.4 is 10.6 Å². The number of fused-ring (bicyclic) bond motifs is 5. The Kier molecular flexibility index (Phi) is 4.97. The van der Waals surface area contributed by atoms with Crippen LogP contribution in [0.25, 0.3) is 0 Å². The molecule has 0 aromatic carbocycles. The van der Waals surface area contributed by atoms with Gasteiger partial charge in [0.15, 0.2) is 0 Å². The van der Waals surface area contributed by atoms with E-state index in [4.69, 9.17) is 0 Å². The van der Waals surface area contributed by atoms with Crippen molar-refractivity contribution in [1.82, 2.24) is 15.5 Å². The minimum absolute atomic E-state index is 0. The van der Waals surface area contributed by atoms with Gasteiger partial charge in [-0.2, -0.15) is 0 Å². The van der Waals surface area contributed by atoms with Gasteiger partial charge in [-0.3, -0.25) is 19.3 Å². The minimum atomic E-state index is -0.145. The summed E-state index contributed by atoms with van der Waals surface area (Å²) < 4.78 is 0. The number of nitrogens with one attached hydrogen (secondary N) is 2. The third-order valence-electron chi connectivity index (χ3n) is 5.82. The van der Waals surface area contributed by atoms with Crippen LogP contribution in [0.3, 0.4) is 0 Å². The molecule has 24 heavy (non-hydrogen) atoms. The first-order chi connectivity index (χ1) is 11.2. The number of amides is 3. The molecule has 2 aliphatic heterocycles. The average Bonchev–Trinajstić information content (AvgIpc) is 3.25. The summed E-state index contributed by atoms with van der Waals surface area (Å²) in [7, 11) is 0. The molecule has 0 aromatic heterocycles. The van der Waals surface area contributed by atoms with Crippen LogP contribution in [0.2, 0.25) is 0 Å². The van der Waals surface area contributed by atoms with E-state index in [1.54, 1.807) is 0 Å². The van der Waals surface area contributed by atoms with E-state index in [0.29, 0.717) is 13.1 Å². The van der Waals surface area contributed by atoms with Crippen LogP contribution in [0.4, 0.5) is 0 Å². The summed E-state index contributed by atoms with van der Waals surface area (Å²) in [6.07, 6.45) is 8.17. The molecule has 2 heterocycles. The van der Waals surface area contributed by atoms with Crippen LogP contribution in [0.5, 0.6) is 0 Å². The minimum Gasteiger partial charge on any atom is -0.353 e. The quantitative estimate of drug-likeness (QED) is 0.569. The Morgan fingerprint density at radius 3 is 2.42 bits per heavy atom. The van der Waals surface area contributed by atoms with Crippen LogP contribution in [0, 0.1) is 23.7 Å². The lowest BCUT2D eigenvalue weighted by molar-refractivity contribution is -0.141. The van der Waals surface area contributed by atoms with Gasteiger partial charge in [-0.25, -0.2) is 0 Å². The number of hydrogen-bond acceptors (Lipinski definition) is 4. The summed E-state index contributed by atoms with van der Waals surface area (Å²) in [6, 6.07) is -0.131. The van der Waals surface area contributed by atoms with Crippen molar-refractivity contribution in [2.75, 3.05) is 19.6 Å². The van der Waals surface area contributed by atoms with Crippen LogP contribution >= 0.6 is 12.4 Å². The maximum Gasteiger partial charge on any atom is 0.237 e. The smallest absolute Gasteiger partial charge is 0.237 e. The number of likely N-dealkylation sites (tertiary alicyclic amines) is 1. The average molecular weight is 354 g/mol. The van der Waals surface area contributed by atoms with E-state index in [1.165, 1.54) is 4.90 Å². The van der Waals surface area contributed by atoms with Crippen molar-refractivity contribution >= 4 is 30.1 Å². The fourth-order valence-corrected chi connectivity index (χ4v) is 4.67. The predicted molar refractivity (Wildman–Crippen MR) is 90.3 cm³/mol. The number of rotatable bonds is 4. The predicted octanol–water partition coefficient (Wildman–Crippen LogP) is 0.474. The van der Waals surface area contributed by atoms with Crippen molar-refractivity contribution in [3.8, 4) is 0 Å². The molecular formula is C17H24ClN3O3. The molecule has 2 aliphatic carbocycles. The summed E-state index contributed by atoms with van der Waals surface area (Å²) in [5.41, 5.74) is 0. The topological polar surface area (TPSA) is 78.5 Å². The SMILES string of the molecule is Cl.O=C(NCCN1C(=O)C2C3C=CC(C3)C2C1=O)C1CCCCN1. The van der Waals surface area contributed by atoms with Crippen LogP contribution in [-0.4, -0.2) is 48.3 Å². The molecule has 5 unspecified atom stereocenters. The highest BCUT2D eigenvalue weighted by molar-refractivity contribution is 6.06. The number of carbonyl (C=O) groups is 3. The van der Waals surface area contributed by atoms with Gasteiger partial charge in [0.1, 0.15) is 0 Å². The maximum absolute atomic E-state index is 12.5. The van der Waals surface area contributed by atoms with E-state index >= 15 is 0 Å². The lowest BCUT2D eigenvalue weighted by Crippen LogP contribution is -2.48. The molecule has 0 aromatic rings. The van der Waals surface area contributed by atoms with E-state index < -0.39 is 0 Å². The summed E-state index contributed by atoms with van der Waals surface area (Å²) in [6.45, 7) is 1.51. The zero-order valence-corrected chi connectivity index (χ0v) is 14.4. The van der Waals surface area contributed by atoms with Crippen molar-refractivity contribution in [3.63, 3.8) is 0 Å². The Bertz CT molecular complexity index is 543. The van der Waals surface area contributed by atoms with E-state index in [-0.39, 0.29) is 59.8 Å². The summed E-state index contributed by atoms with van der Waals surface area (Å²) >= 11 is 0. The number of piperidine rings is 1. The monoisotopic (exact) mass is 353 g/mol. The van der Waals surface area contributed by atoms with E-state index in [0.717, 1.165) is 32.2 Å². The number of imide groups is 1. The van der Waals surface area contributed by atoms with Crippen molar-refractivity contribution < 1.29 is 14.4 Å². The molecule has 132 valence electrons. The van der Waals surface area contributed by atoms with Crippen LogP contribution in [0.1, 0.15) is 25.7 Å². The number of hydrogen-bond donors (Lipinski definition) is 2. The largest absolute Gasteiger partial charge is 0.353 e. The van der Waals surface area contributed by atoms with Crippen molar-refractivity contribution in [2.24, 2.45) is 23.7 Å². The highest BCUT2D eigenvalue weighted by Crippen LogP contribution is 2.52. The summed E-state index contributed by atoms with van der Waals surface area (Å²) in [4.78, 5) is 38.5. The molecular weight excluding hydrogens is 330 g/mol. The number of carbonyl (C=O) groups excluding carboxylic acids is 3. The van der Waals surface area contributed by atoms with Crippen LogP contribution in [-0.2, 0) is 14.4 Å². The van der Waals surface area contributed by atoms with Gasteiger partial charge >= 0.3 is 0 Å². The standard InChI is InChI=1S/C17H23N3O3.ClH/c21-15(12-3-1-2-6-18-12)19-7-8-20-16(22)13-10-4-5-11(9-10)14(13)17(20)23;/h4-5,10-14,18H,1-3,6-9H2,(H,19,21);1H. The zero-order chi connectivity index (χ0) is 16.0. The third kappa shape index (κ3) is 2.75. The Morgan fingerprint density at radius 2 is 1.83 bits per heavy atom. The molecule has 0 spiro atoms. The van der Waals surface area contributed by atoms with E-state index in [2.05, 4.69) is 22.8 Å². The van der Waals surface area contributed by atoms with Gasteiger partial charge in [-0.1, -0.05) is 18.6 Å². The van der Waals surface area contributed by atoms with Crippen LogP contribution in [0.15, 0.2) is 12.2 Å². The molecule has 4 rings (SSSR count). The highest BCUT2D eigenvalue weighted by atomic mass is 35.5. The molecule has 3 amide bonds. The Hall–Kier alpha value is -1.40. The van der Waals surface area contributed by atoms with Crippen molar-refractivity contribution in [3.05, 3.63) is 12.2 Å². The van der Waals surface area contributed by atoms with Gasteiger partial charge in [0.25, 0.3) is 0 Å². The molecule has 4 aliphatic rings. The molecule has 6 nitrogen and oxygen atoms in total. The molecule has 1 saturated carbocycles. The van der Waals surface area contributed by atoms with Gasteiger partial charge < -0.3 is 10.6 Å². The van der Waals surface area contributed by atoms with Gasteiger partial charge in [0.2, 0.25) is 17.7 Å². The molecule has 0 radical (unpaired) electrons. The third-order valence-corrected chi connectivity index (χ3v) is 5.82. The fraction of sp³-hybridized carbons (Fsp3) is 0.706. The van der Waals surface area contributed by atoms with Crippen molar-refractivity contribution in [1.29, 1.82) is 0 Å². The first kappa shape index (κ1) is 17.4. The second-order valence-electron chi connectivity index (χ2n) is 7.12.